The van der Waals surface area contributed by atoms with E-state index in [1.807, 2.05) is 20.8 Å². The maximum Gasteiger partial charge on any atom is 0.338 e. The normalized spacial score (nSPS) is 19.5. The molecular formula is C21H27N3O6S2. The second-order valence-corrected chi connectivity index (χ2v) is 10.3. The van der Waals surface area contributed by atoms with Gasteiger partial charge in [0.25, 0.3) is 0 Å². The van der Waals surface area contributed by atoms with E-state index >= 15 is 0 Å². The number of hydrogen-bond acceptors (Lipinski definition) is 8. The maximum absolute atomic E-state index is 13.1. The minimum absolute atomic E-state index is 0.0317. The van der Waals surface area contributed by atoms with Gasteiger partial charge in [0.1, 0.15) is 6.61 Å². The fourth-order valence-corrected chi connectivity index (χ4v) is 6.02. The van der Waals surface area contributed by atoms with E-state index in [1.54, 1.807) is 5.38 Å². The zero-order valence-electron chi connectivity index (χ0n) is 18.5. The van der Waals surface area contributed by atoms with E-state index in [-0.39, 0.29) is 48.3 Å². The van der Waals surface area contributed by atoms with E-state index in [2.05, 4.69) is 4.98 Å². The summed E-state index contributed by atoms with van der Waals surface area (Å²) in [5, 5.41) is 2.25. The van der Waals surface area contributed by atoms with Gasteiger partial charge in [-0.3, -0.25) is 9.69 Å². The Morgan fingerprint density at radius 2 is 1.97 bits per heavy atom. The Kier molecular flexibility index (Phi) is 7.65. The predicted molar refractivity (Wildman–Crippen MR) is 120 cm³/mol. The quantitative estimate of drug-likeness (QED) is 0.560. The van der Waals surface area contributed by atoms with E-state index in [0.29, 0.717) is 17.4 Å². The van der Waals surface area contributed by atoms with Crippen LogP contribution in [0.15, 0.2) is 34.5 Å². The fourth-order valence-electron chi connectivity index (χ4n) is 3.46. The Morgan fingerprint density at radius 3 is 2.59 bits per heavy atom. The topological polar surface area (TPSA) is 106 Å². The molecular weight excluding hydrogens is 454 g/mol. The van der Waals surface area contributed by atoms with Crippen LogP contribution in [0.5, 0.6) is 0 Å². The van der Waals surface area contributed by atoms with Gasteiger partial charge in [0.2, 0.25) is 15.9 Å². The van der Waals surface area contributed by atoms with E-state index in [1.165, 1.54) is 51.7 Å². The molecule has 0 bridgehead atoms. The molecule has 0 aliphatic carbocycles. The number of benzene rings is 1. The summed E-state index contributed by atoms with van der Waals surface area (Å²) in [6.07, 6.45) is -0.424. The van der Waals surface area contributed by atoms with Crippen molar-refractivity contribution in [3.05, 3.63) is 40.9 Å². The highest BCUT2D eigenvalue weighted by molar-refractivity contribution is 7.89. The summed E-state index contributed by atoms with van der Waals surface area (Å²) < 4.78 is 38.4. The number of carbonyl (C=O) groups excluding carboxylic acids is 2. The number of anilines is 1. The number of thiazole rings is 1. The fraction of sp³-hybridized carbons (Fsp3) is 0.476. The van der Waals surface area contributed by atoms with Gasteiger partial charge in [0.05, 0.1) is 28.4 Å². The lowest BCUT2D eigenvalue weighted by molar-refractivity contribution is -0.116. The van der Waals surface area contributed by atoms with Crippen LogP contribution in [-0.4, -0.2) is 61.4 Å². The van der Waals surface area contributed by atoms with Crippen LogP contribution < -0.4 is 4.90 Å². The monoisotopic (exact) mass is 481 g/mol. The van der Waals surface area contributed by atoms with Crippen molar-refractivity contribution in [1.29, 1.82) is 0 Å². The molecule has 2 aromatic rings. The second kappa shape index (κ2) is 10.1. The van der Waals surface area contributed by atoms with Crippen LogP contribution in [0.25, 0.3) is 0 Å². The molecule has 1 aromatic heterocycles. The molecule has 1 amide bonds. The lowest BCUT2D eigenvalue weighted by atomic mass is 10.2. The number of aromatic nitrogens is 1. The van der Waals surface area contributed by atoms with Crippen LogP contribution in [0, 0.1) is 0 Å². The van der Waals surface area contributed by atoms with Gasteiger partial charge in [-0.1, -0.05) is 6.07 Å². The van der Waals surface area contributed by atoms with Crippen LogP contribution in [0.1, 0.15) is 43.7 Å². The Bertz CT molecular complexity index is 1070. The highest BCUT2D eigenvalue weighted by Gasteiger charge is 2.32. The molecule has 2 heterocycles. The number of carbonyl (C=O) groups is 2. The summed E-state index contributed by atoms with van der Waals surface area (Å²) in [5.74, 6) is -0.772. The van der Waals surface area contributed by atoms with E-state index in [9.17, 15) is 18.0 Å². The van der Waals surface area contributed by atoms with Crippen molar-refractivity contribution < 1.29 is 27.5 Å². The largest absolute Gasteiger partial charge is 0.456 e. The molecule has 1 saturated heterocycles. The SMILES string of the molecule is CCN(C(C)=O)c1nc(COC(=O)c2cccc(S(=O)(=O)N3CC(C)OC(C)C3)c2)cs1. The highest BCUT2D eigenvalue weighted by atomic mass is 32.2. The van der Waals surface area contributed by atoms with Crippen LogP contribution in [-0.2, 0) is 30.9 Å². The minimum atomic E-state index is -3.77. The van der Waals surface area contributed by atoms with Crippen molar-refractivity contribution in [2.45, 2.75) is 51.4 Å². The smallest absolute Gasteiger partial charge is 0.338 e. The Morgan fingerprint density at radius 1 is 1.28 bits per heavy atom. The molecule has 2 atom stereocenters. The van der Waals surface area contributed by atoms with Gasteiger partial charge >= 0.3 is 5.97 Å². The lowest BCUT2D eigenvalue weighted by Crippen LogP contribution is -2.48. The average molecular weight is 482 g/mol. The third-order valence-electron chi connectivity index (χ3n) is 4.91. The number of nitrogens with zero attached hydrogens (tertiary/aromatic N) is 3. The number of rotatable bonds is 7. The lowest BCUT2D eigenvalue weighted by Gasteiger charge is -2.34. The van der Waals surface area contributed by atoms with Crippen molar-refractivity contribution in [2.24, 2.45) is 0 Å². The van der Waals surface area contributed by atoms with Crippen LogP contribution in [0.4, 0.5) is 5.13 Å². The number of morpholine rings is 1. The van der Waals surface area contributed by atoms with Crippen molar-refractivity contribution in [3.8, 4) is 0 Å². The summed E-state index contributed by atoms with van der Waals surface area (Å²) in [6.45, 7) is 7.87. The number of amides is 1. The molecule has 1 aromatic carbocycles. The molecule has 0 saturated carbocycles. The summed E-state index contributed by atoms with van der Waals surface area (Å²) in [4.78, 5) is 30.1. The van der Waals surface area contributed by atoms with Crippen molar-refractivity contribution in [3.63, 3.8) is 0 Å². The molecule has 9 nitrogen and oxygen atoms in total. The molecule has 1 aliphatic heterocycles. The molecule has 3 rings (SSSR count). The molecule has 1 fully saturated rings. The maximum atomic E-state index is 13.1. The standard InChI is InChI=1S/C21H27N3O6S2/c1-5-24(16(4)25)21-22-18(13-31-21)12-29-20(26)17-7-6-8-19(9-17)32(27,28)23-10-14(2)30-15(3)11-23/h6-9,13-15H,5,10-12H2,1-4H3. The van der Waals surface area contributed by atoms with Gasteiger partial charge in [-0.15, -0.1) is 11.3 Å². The van der Waals surface area contributed by atoms with Crippen molar-refractivity contribution in [1.82, 2.24) is 9.29 Å². The van der Waals surface area contributed by atoms with Gasteiger partial charge in [-0.2, -0.15) is 4.31 Å². The Balaban J connectivity index is 1.69. The summed E-state index contributed by atoms with van der Waals surface area (Å²) >= 11 is 1.29. The first-order chi connectivity index (χ1) is 15.1. The van der Waals surface area contributed by atoms with Crippen LogP contribution in [0.2, 0.25) is 0 Å². The first kappa shape index (κ1) is 24.3. The first-order valence-electron chi connectivity index (χ1n) is 10.3. The zero-order valence-corrected chi connectivity index (χ0v) is 20.1. The number of esters is 1. The van der Waals surface area contributed by atoms with Gasteiger partial charge in [-0.25, -0.2) is 18.2 Å². The molecule has 0 N–H and O–H groups in total. The molecule has 2 unspecified atom stereocenters. The second-order valence-electron chi connectivity index (χ2n) is 7.57. The van der Waals surface area contributed by atoms with E-state index in [0.717, 1.165) is 0 Å². The van der Waals surface area contributed by atoms with Crippen LogP contribution >= 0.6 is 11.3 Å². The molecule has 174 valence electrons. The average Bonchev–Trinajstić information content (AvgIpc) is 3.20. The third-order valence-corrected chi connectivity index (χ3v) is 7.65. The summed E-state index contributed by atoms with van der Waals surface area (Å²) in [6, 6.07) is 5.81. The molecule has 0 radical (unpaired) electrons. The number of ether oxygens (including phenoxy) is 2. The number of sulfonamides is 1. The zero-order chi connectivity index (χ0) is 23.5. The van der Waals surface area contributed by atoms with Gasteiger partial charge in [0.15, 0.2) is 5.13 Å². The van der Waals surface area contributed by atoms with Crippen LogP contribution in [0.3, 0.4) is 0 Å². The molecule has 11 heteroatoms. The Hall–Kier alpha value is -2.34. The van der Waals surface area contributed by atoms with E-state index in [4.69, 9.17) is 9.47 Å². The van der Waals surface area contributed by atoms with Gasteiger partial charge < -0.3 is 9.47 Å². The first-order valence-corrected chi connectivity index (χ1v) is 12.6. The summed E-state index contributed by atoms with van der Waals surface area (Å²) in [7, 11) is -3.77. The predicted octanol–water partition coefficient (Wildman–Crippen LogP) is 2.67. The van der Waals surface area contributed by atoms with Crippen molar-refractivity contribution >= 4 is 38.4 Å². The van der Waals surface area contributed by atoms with E-state index < -0.39 is 16.0 Å². The van der Waals surface area contributed by atoms with Gasteiger partial charge in [-0.05, 0) is 39.0 Å². The molecule has 0 spiro atoms. The molecule has 32 heavy (non-hydrogen) atoms. The molecule has 1 aliphatic rings. The minimum Gasteiger partial charge on any atom is -0.456 e. The van der Waals surface area contributed by atoms with Gasteiger partial charge in [0, 0.05) is 31.9 Å². The van der Waals surface area contributed by atoms with Crippen molar-refractivity contribution in [2.75, 3.05) is 24.5 Å². The summed E-state index contributed by atoms with van der Waals surface area (Å²) in [5.41, 5.74) is 0.646. The number of hydrogen-bond donors (Lipinski definition) is 0. The highest BCUT2D eigenvalue weighted by Crippen LogP contribution is 2.23. The third kappa shape index (κ3) is 5.52. The Labute approximate surface area is 192 Å².